The number of thiocarbonyl (C=S) groups is 1. The molecule has 0 saturated carbocycles. The number of nitrogens with two attached hydrogens (primary N) is 1. The maximum Gasteiger partial charge on any atom is 0.161 e. The highest BCUT2D eigenvalue weighted by atomic mass is 32.1. The summed E-state index contributed by atoms with van der Waals surface area (Å²) in [7, 11) is 3.61. The topological polar surface area (TPSA) is 64.3 Å². The molecule has 6 heteroatoms. The molecule has 0 aliphatic carbocycles. The number of aryl methyl sites for hydroxylation is 1. The Balaban J connectivity index is 3.24. The van der Waals surface area contributed by atoms with E-state index in [1.807, 2.05) is 32.7 Å². The minimum absolute atomic E-state index is 0.166. The molecule has 1 heterocycles. The van der Waals surface area contributed by atoms with Crippen LogP contribution in [0.4, 0.5) is 5.82 Å². The van der Waals surface area contributed by atoms with Gasteiger partial charge in [0, 0.05) is 14.2 Å². The number of aromatic nitrogens is 2. The standard InChI is InChI=1S/C12H20N4OS/c1-7(6-17-5)16(4)12-10(11(13)18)8(2)9(3)14-15-12/h7H,6H2,1-5H3,(H2,13,18). The third-order valence-corrected chi connectivity index (χ3v) is 3.29. The summed E-state index contributed by atoms with van der Waals surface area (Å²) >= 11 is 5.12. The molecule has 0 amide bonds. The van der Waals surface area contributed by atoms with E-state index in [0.29, 0.717) is 17.4 Å². The molecule has 0 radical (unpaired) electrons. The van der Waals surface area contributed by atoms with E-state index in [0.717, 1.165) is 16.8 Å². The maximum atomic E-state index is 5.80. The minimum atomic E-state index is 0.166. The lowest BCUT2D eigenvalue weighted by atomic mass is 10.1. The Morgan fingerprint density at radius 2 is 2.06 bits per heavy atom. The quantitative estimate of drug-likeness (QED) is 0.810. The van der Waals surface area contributed by atoms with E-state index >= 15 is 0 Å². The summed E-state index contributed by atoms with van der Waals surface area (Å²) < 4.78 is 5.15. The Labute approximate surface area is 113 Å². The van der Waals surface area contributed by atoms with Gasteiger partial charge in [-0.2, -0.15) is 5.10 Å². The number of anilines is 1. The van der Waals surface area contributed by atoms with Crippen LogP contribution in [0.25, 0.3) is 0 Å². The van der Waals surface area contributed by atoms with Crippen molar-refractivity contribution in [3.63, 3.8) is 0 Å². The van der Waals surface area contributed by atoms with E-state index < -0.39 is 0 Å². The first kappa shape index (κ1) is 14.8. The summed E-state index contributed by atoms with van der Waals surface area (Å²) in [5, 5.41) is 8.35. The van der Waals surface area contributed by atoms with Crippen molar-refractivity contribution in [3.05, 3.63) is 16.8 Å². The predicted molar refractivity (Wildman–Crippen MR) is 77.1 cm³/mol. The van der Waals surface area contributed by atoms with Gasteiger partial charge < -0.3 is 15.4 Å². The highest BCUT2D eigenvalue weighted by Gasteiger charge is 2.20. The molecular formula is C12H20N4OS. The van der Waals surface area contributed by atoms with Gasteiger partial charge in [-0.25, -0.2) is 0 Å². The zero-order valence-corrected chi connectivity index (χ0v) is 12.3. The zero-order chi connectivity index (χ0) is 13.9. The Morgan fingerprint density at radius 1 is 1.44 bits per heavy atom. The molecule has 0 saturated heterocycles. The monoisotopic (exact) mass is 268 g/mol. The summed E-state index contributed by atoms with van der Waals surface area (Å²) in [5.41, 5.74) is 8.41. The number of hydrogen-bond acceptors (Lipinski definition) is 5. The molecule has 0 fully saturated rings. The number of ether oxygens (including phenoxy) is 1. The number of likely N-dealkylation sites (N-methyl/N-ethyl adjacent to an activating group) is 1. The van der Waals surface area contributed by atoms with Crippen LogP contribution in [0.15, 0.2) is 0 Å². The van der Waals surface area contributed by atoms with Gasteiger partial charge in [0.1, 0.15) is 4.99 Å². The number of methoxy groups -OCH3 is 1. The molecule has 1 aromatic rings. The van der Waals surface area contributed by atoms with E-state index in [2.05, 4.69) is 10.2 Å². The van der Waals surface area contributed by atoms with E-state index in [4.69, 9.17) is 22.7 Å². The largest absolute Gasteiger partial charge is 0.389 e. The summed E-state index contributed by atoms with van der Waals surface area (Å²) in [4.78, 5) is 2.33. The van der Waals surface area contributed by atoms with E-state index in [-0.39, 0.29) is 6.04 Å². The lowest BCUT2D eigenvalue weighted by Crippen LogP contribution is -2.35. The summed E-state index contributed by atoms with van der Waals surface area (Å²) in [5.74, 6) is 0.704. The molecule has 1 unspecified atom stereocenters. The molecule has 1 rings (SSSR count). The van der Waals surface area contributed by atoms with Crippen molar-refractivity contribution in [2.24, 2.45) is 5.73 Å². The molecule has 18 heavy (non-hydrogen) atoms. The van der Waals surface area contributed by atoms with Gasteiger partial charge in [0.15, 0.2) is 5.82 Å². The molecule has 100 valence electrons. The molecular weight excluding hydrogens is 248 g/mol. The van der Waals surface area contributed by atoms with Crippen molar-refractivity contribution >= 4 is 23.0 Å². The fourth-order valence-corrected chi connectivity index (χ4v) is 1.94. The lowest BCUT2D eigenvalue weighted by molar-refractivity contribution is 0.183. The second kappa shape index (κ2) is 6.06. The number of nitrogens with zero attached hydrogens (tertiary/aromatic N) is 3. The van der Waals surface area contributed by atoms with Gasteiger partial charge in [-0.3, -0.25) is 0 Å². The fraction of sp³-hybridized carbons (Fsp3) is 0.583. The zero-order valence-electron chi connectivity index (χ0n) is 11.5. The first-order chi connectivity index (χ1) is 8.40. The third kappa shape index (κ3) is 2.94. The molecule has 1 atom stereocenters. The molecule has 5 nitrogen and oxygen atoms in total. The predicted octanol–water partition coefficient (Wildman–Crippen LogP) is 1.20. The Morgan fingerprint density at radius 3 is 2.56 bits per heavy atom. The smallest absolute Gasteiger partial charge is 0.161 e. The van der Waals surface area contributed by atoms with Crippen LogP contribution in [0.1, 0.15) is 23.7 Å². The van der Waals surface area contributed by atoms with Crippen molar-refractivity contribution in [3.8, 4) is 0 Å². The maximum absolute atomic E-state index is 5.80. The third-order valence-electron chi connectivity index (χ3n) is 3.09. The van der Waals surface area contributed by atoms with Crippen LogP contribution in [0.2, 0.25) is 0 Å². The molecule has 0 spiro atoms. The van der Waals surface area contributed by atoms with E-state index in [1.54, 1.807) is 7.11 Å². The molecule has 0 bridgehead atoms. The molecule has 0 aromatic carbocycles. The van der Waals surface area contributed by atoms with Crippen LogP contribution in [0.3, 0.4) is 0 Å². The Hall–Kier alpha value is -1.27. The van der Waals surface area contributed by atoms with Crippen LogP contribution in [-0.4, -0.2) is 42.0 Å². The van der Waals surface area contributed by atoms with Crippen LogP contribution in [-0.2, 0) is 4.74 Å². The van der Waals surface area contributed by atoms with Gasteiger partial charge in [0.05, 0.1) is 23.9 Å². The Bertz CT molecular complexity index is 450. The minimum Gasteiger partial charge on any atom is -0.389 e. The van der Waals surface area contributed by atoms with Gasteiger partial charge in [0.25, 0.3) is 0 Å². The first-order valence-electron chi connectivity index (χ1n) is 5.75. The van der Waals surface area contributed by atoms with Crippen molar-refractivity contribution in [1.82, 2.24) is 10.2 Å². The van der Waals surface area contributed by atoms with Gasteiger partial charge in [-0.1, -0.05) is 12.2 Å². The van der Waals surface area contributed by atoms with E-state index in [1.165, 1.54) is 0 Å². The van der Waals surface area contributed by atoms with E-state index in [9.17, 15) is 0 Å². The SMILES string of the molecule is COCC(C)N(C)c1nnc(C)c(C)c1C(N)=S. The Kier molecular flexibility index (Phi) is 4.98. The van der Waals surface area contributed by atoms with Crippen LogP contribution < -0.4 is 10.6 Å². The lowest BCUT2D eigenvalue weighted by Gasteiger charge is -2.27. The van der Waals surface area contributed by atoms with Crippen molar-refractivity contribution in [1.29, 1.82) is 0 Å². The van der Waals surface area contributed by atoms with Gasteiger partial charge in [0.2, 0.25) is 0 Å². The average molecular weight is 268 g/mol. The summed E-state index contributed by atoms with van der Waals surface area (Å²) in [6, 6.07) is 0.166. The normalized spacial score (nSPS) is 12.3. The molecule has 1 aromatic heterocycles. The fourth-order valence-electron chi connectivity index (χ4n) is 1.70. The first-order valence-corrected chi connectivity index (χ1v) is 6.16. The molecule has 2 N–H and O–H groups in total. The number of hydrogen-bond donors (Lipinski definition) is 1. The van der Waals surface area contributed by atoms with Crippen molar-refractivity contribution < 1.29 is 4.74 Å². The van der Waals surface area contributed by atoms with Crippen molar-refractivity contribution in [2.45, 2.75) is 26.8 Å². The van der Waals surface area contributed by atoms with Gasteiger partial charge in [-0.05, 0) is 26.3 Å². The van der Waals surface area contributed by atoms with Crippen molar-refractivity contribution in [2.75, 3.05) is 25.7 Å². The second-order valence-corrected chi connectivity index (χ2v) is 4.83. The number of rotatable bonds is 5. The molecule has 0 aliphatic heterocycles. The summed E-state index contributed by atoms with van der Waals surface area (Å²) in [6.07, 6.45) is 0. The summed E-state index contributed by atoms with van der Waals surface area (Å²) in [6.45, 7) is 6.49. The highest BCUT2D eigenvalue weighted by molar-refractivity contribution is 7.80. The van der Waals surface area contributed by atoms with Crippen LogP contribution in [0, 0.1) is 13.8 Å². The van der Waals surface area contributed by atoms with Crippen LogP contribution >= 0.6 is 12.2 Å². The van der Waals surface area contributed by atoms with Gasteiger partial charge in [-0.15, -0.1) is 5.10 Å². The average Bonchev–Trinajstić information content (AvgIpc) is 2.31. The van der Waals surface area contributed by atoms with Gasteiger partial charge >= 0.3 is 0 Å². The van der Waals surface area contributed by atoms with Crippen LogP contribution in [0.5, 0.6) is 0 Å². The molecule has 0 aliphatic rings. The highest BCUT2D eigenvalue weighted by Crippen LogP contribution is 2.22. The second-order valence-electron chi connectivity index (χ2n) is 4.39.